The van der Waals surface area contributed by atoms with Crippen LogP contribution in [-0.4, -0.2) is 9.97 Å². The summed E-state index contributed by atoms with van der Waals surface area (Å²) in [6.07, 6.45) is 0. The van der Waals surface area contributed by atoms with Crippen LogP contribution in [0.5, 0.6) is 0 Å². The van der Waals surface area contributed by atoms with Crippen LogP contribution < -0.4 is 0 Å². The van der Waals surface area contributed by atoms with Gasteiger partial charge in [0.2, 0.25) is 0 Å². The molecule has 0 radical (unpaired) electrons. The van der Waals surface area contributed by atoms with Gasteiger partial charge in [-0.3, -0.25) is 0 Å². The van der Waals surface area contributed by atoms with Gasteiger partial charge in [0.1, 0.15) is 11.2 Å². The van der Waals surface area contributed by atoms with E-state index in [4.69, 9.17) is 14.4 Å². The molecule has 11 rings (SSSR count). The maximum absolute atomic E-state index is 6.60. The average Bonchev–Trinajstić information content (AvgIpc) is 3.68. The zero-order valence-electron chi connectivity index (χ0n) is 30.9. The van der Waals surface area contributed by atoms with Crippen molar-refractivity contribution in [2.75, 3.05) is 0 Å². The minimum absolute atomic E-state index is 0.684. The maximum Gasteiger partial charge on any atom is 0.160 e. The Bertz CT molecular complexity index is 3230. The molecular formula is C54H34N2O. The number of para-hydroxylation sites is 2. The third kappa shape index (κ3) is 5.94. The molecule has 2 heterocycles. The summed E-state index contributed by atoms with van der Waals surface area (Å²) in [7, 11) is 0. The molecule has 0 bridgehead atoms. The van der Waals surface area contributed by atoms with Crippen molar-refractivity contribution in [3.05, 3.63) is 206 Å². The number of hydrogen-bond donors (Lipinski definition) is 0. The molecule has 0 saturated heterocycles. The molecule has 0 aliphatic carbocycles. The van der Waals surface area contributed by atoms with Gasteiger partial charge in [-0.05, 0) is 91.8 Å². The molecule has 3 nitrogen and oxygen atoms in total. The van der Waals surface area contributed by atoms with Crippen molar-refractivity contribution in [3.63, 3.8) is 0 Å². The van der Waals surface area contributed by atoms with E-state index in [-0.39, 0.29) is 0 Å². The molecule has 0 spiro atoms. The van der Waals surface area contributed by atoms with Gasteiger partial charge in [-0.15, -0.1) is 0 Å². The highest BCUT2D eigenvalue weighted by Gasteiger charge is 2.17. The predicted octanol–water partition coefficient (Wildman–Crippen LogP) is 14.7. The highest BCUT2D eigenvalue weighted by molar-refractivity contribution is 6.10. The molecule has 0 saturated carbocycles. The lowest BCUT2D eigenvalue weighted by Gasteiger charge is -2.14. The van der Waals surface area contributed by atoms with Crippen LogP contribution in [0.3, 0.4) is 0 Å². The minimum atomic E-state index is 0.684. The van der Waals surface area contributed by atoms with E-state index in [1.54, 1.807) is 0 Å². The molecule has 0 atom stereocenters. The Morgan fingerprint density at radius 2 is 0.842 bits per heavy atom. The first-order valence-corrected chi connectivity index (χ1v) is 19.3. The van der Waals surface area contributed by atoms with Gasteiger partial charge >= 0.3 is 0 Å². The zero-order valence-corrected chi connectivity index (χ0v) is 30.9. The number of fused-ring (bicyclic) bond motifs is 6. The average molecular weight is 727 g/mol. The molecule has 57 heavy (non-hydrogen) atoms. The summed E-state index contributed by atoms with van der Waals surface area (Å²) in [6.45, 7) is 0. The summed E-state index contributed by atoms with van der Waals surface area (Å²) < 4.78 is 6.60. The Kier molecular flexibility index (Phi) is 7.82. The van der Waals surface area contributed by atoms with E-state index in [1.165, 1.54) is 27.1 Å². The Morgan fingerprint density at radius 1 is 0.298 bits per heavy atom. The maximum atomic E-state index is 6.60. The van der Waals surface area contributed by atoms with Crippen molar-refractivity contribution in [3.8, 4) is 67.3 Å². The zero-order chi connectivity index (χ0) is 37.7. The lowest BCUT2D eigenvalue weighted by atomic mass is 9.92. The van der Waals surface area contributed by atoms with Crippen molar-refractivity contribution < 1.29 is 4.42 Å². The predicted molar refractivity (Wildman–Crippen MR) is 237 cm³/mol. The van der Waals surface area contributed by atoms with E-state index in [9.17, 15) is 0 Å². The van der Waals surface area contributed by atoms with Crippen molar-refractivity contribution >= 4 is 43.5 Å². The van der Waals surface area contributed by atoms with E-state index in [0.717, 1.165) is 77.8 Å². The van der Waals surface area contributed by atoms with Crippen LogP contribution in [-0.2, 0) is 0 Å². The molecule has 11 aromatic rings. The molecule has 0 aliphatic rings. The molecule has 9 aromatic carbocycles. The van der Waals surface area contributed by atoms with Crippen LogP contribution in [0.1, 0.15) is 0 Å². The highest BCUT2D eigenvalue weighted by Crippen LogP contribution is 2.40. The molecule has 266 valence electrons. The van der Waals surface area contributed by atoms with Crippen LogP contribution in [0.25, 0.3) is 111 Å². The topological polar surface area (TPSA) is 38.9 Å². The number of rotatable bonds is 6. The lowest BCUT2D eigenvalue weighted by molar-refractivity contribution is 0.670. The molecule has 0 amide bonds. The fourth-order valence-electron chi connectivity index (χ4n) is 8.20. The van der Waals surface area contributed by atoms with E-state index in [0.29, 0.717) is 5.82 Å². The summed E-state index contributed by atoms with van der Waals surface area (Å²) in [4.78, 5) is 10.3. The van der Waals surface area contributed by atoms with Gasteiger partial charge < -0.3 is 4.42 Å². The van der Waals surface area contributed by atoms with Gasteiger partial charge in [-0.1, -0.05) is 164 Å². The largest absolute Gasteiger partial charge is 0.455 e. The van der Waals surface area contributed by atoms with Crippen molar-refractivity contribution in [2.45, 2.75) is 0 Å². The minimum Gasteiger partial charge on any atom is -0.455 e. The fourth-order valence-corrected chi connectivity index (χ4v) is 8.20. The molecule has 0 fully saturated rings. The van der Waals surface area contributed by atoms with E-state index >= 15 is 0 Å². The summed E-state index contributed by atoms with van der Waals surface area (Å²) in [6, 6.07) is 72.9. The molecule has 3 heteroatoms. The van der Waals surface area contributed by atoms with Crippen LogP contribution in [0.4, 0.5) is 0 Å². The Balaban J connectivity index is 1.12. The molecular weight excluding hydrogens is 693 g/mol. The van der Waals surface area contributed by atoms with E-state index < -0.39 is 0 Å². The number of hydrogen-bond acceptors (Lipinski definition) is 3. The first-order chi connectivity index (χ1) is 28.2. The van der Waals surface area contributed by atoms with Crippen LogP contribution in [0.2, 0.25) is 0 Å². The summed E-state index contributed by atoms with van der Waals surface area (Å²) in [5, 5.41) is 7.21. The summed E-state index contributed by atoms with van der Waals surface area (Å²) in [5.74, 6) is 0.684. The second kappa shape index (κ2) is 13.6. The Hall–Kier alpha value is -7.62. The number of aromatic nitrogens is 2. The van der Waals surface area contributed by atoms with Crippen LogP contribution in [0, 0.1) is 0 Å². The van der Waals surface area contributed by atoms with Gasteiger partial charge in [-0.2, -0.15) is 0 Å². The normalized spacial score (nSPS) is 11.5. The second-order valence-corrected chi connectivity index (χ2v) is 14.6. The van der Waals surface area contributed by atoms with Gasteiger partial charge in [0, 0.05) is 33.0 Å². The number of furan rings is 1. The third-order valence-electron chi connectivity index (χ3n) is 11.0. The smallest absolute Gasteiger partial charge is 0.160 e. The fraction of sp³-hybridized carbons (Fsp3) is 0. The molecule has 0 aliphatic heterocycles. The number of nitrogens with zero attached hydrogens (tertiary/aromatic N) is 2. The highest BCUT2D eigenvalue weighted by atomic mass is 16.3. The standard InChI is InChI=1S/C54H34N2O/c1-3-14-37(15-4-1)50-34-51(56-54(55-50)38-16-5-2-6-17-38)44-31-42(30-43(32-44)46-22-12-23-48-47-21-9-10-24-52(47)57-53(46)48)40-19-11-18-39(29-40)41-28-27-36-26-25-35-13-7-8-20-45(35)49(36)33-41/h1-34H. The SMILES string of the molecule is c1ccc(-c2cc(-c3cc(-c4cccc(-c5ccc6ccc7ccccc7c6c5)c4)cc(-c4cccc5c4oc4ccccc45)c3)nc(-c3ccccc3)n2)cc1. The molecule has 2 aromatic heterocycles. The quantitative estimate of drug-likeness (QED) is 0.160. The third-order valence-corrected chi connectivity index (χ3v) is 11.0. The first kappa shape index (κ1) is 32.8. The summed E-state index contributed by atoms with van der Waals surface area (Å²) >= 11 is 0. The Morgan fingerprint density at radius 3 is 1.67 bits per heavy atom. The van der Waals surface area contributed by atoms with Gasteiger partial charge in [0.25, 0.3) is 0 Å². The monoisotopic (exact) mass is 726 g/mol. The van der Waals surface area contributed by atoms with E-state index in [2.05, 4.69) is 170 Å². The first-order valence-electron chi connectivity index (χ1n) is 19.3. The van der Waals surface area contributed by atoms with Crippen molar-refractivity contribution in [2.24, 2.45) is 0 Å². The molecule has 0 unspecified atom stereocenters. The van der Waals surface area contributed by atoms with Gasteiger partial charge in [0.15, 0.2) is 5.82 Å². The van der Waals surface area contributed by atoms with Gasteiger partial charge in [-0.25, -0.2) is 9.97 Å². The van der Waals surface area contributed by atoms with E-state index in [1.807, 2.05) is 36.4 Å². The Labute approximate surface area is 330 Å². The lowest BCUT2D eigenvalue weighted by Crippen LogP contribution is -1.96. The molecule has 0 N–H and O–H groups in total. The van der Waals surface area contributed by atoms with Crippen molar-refractivity contribution in [1.82, 2.24) is 9.97 Å². The number of benzene rings is 9. The summed E-state index contributed by atoms with van der Waals surface area (Å²) in [5.41, 5.74) is 13.1. The van der Waals surface area contributed by atoms with Crippen LogP contribution >= 0.6 is 0 Å². The second-order valence-electron chi connectivity index (χ2n) is 14.6. The van der Waals surface area contributed by atoms with Gasteiger partial charge in [0.05, 0.1) is 11.4 Å². The van der Waals surface area contributed by atoms with Crippen LogP contribution in [0.15, 0.2) is 211 Å². The van der Waals surface area contributed by atoms with Crippen molar-refractivity contribution in [1.29, 1.82) is 0 Å².